The van der Waals surface area contributed by atoms with Crippen molar-refractivity contribution in [3.63, 3.8) is 0 Å². The highest BCUT2D eigenvalue weighted by atomic mass is 16.3. The summed E-state index contributed by atoms with van der Waals surface area (Å²) < 4.78 is 0. The number of quaternary nitrogens is 1. The molecule has 0 spiro atoms. The predicted molar refractivity (Wildman–Crippen MR) is 88.4 cm³/mol. The van der Waals surface area contributed by atoms with Gasteiger partial charge in [0.15, 0.2) is 0 Å². The van der Waals surface area contributed by atoms with Gasteiger partial charge in [0, 0.05) is 5.92 Å². The van der Waals surface area contributed by atoms with Crippen LogP contribution in [0.2, 0.25) is 0 Å². The Labute approximate surface area is 130 Å². The Hall–Kier alpha value is -0.860. The van der Waals surface area contributed by atoms with Crippen LogP contribution in [0.3, 0.4) is 0 Å². The quantitative estimate of drug-likeness (QED) is 0.816. The van der Waals surface area contributed by atoms with Gasteiger partial charge in [0.05, 0.1) is 12.1 Å². The molecule has 1 aromatic carbocycles. The van der Waals surface area contributed by atoms with Crippen LogP contribution in [0, 0.1) is 11.3 Å². The van der Waals surface area contributed by atoms with E-state index in [1.165, 1.54) is 4.90 Å². The molecular weight excluding hydrogens is 258 g/mol. The minimum Gasteiger partial charge on any atom is -0.379 e. The number of benzene rings is 1. The van der Waals surface area contributed by atoms with Crippen LogP contribution in [-0.2, 0) is 5.60 Å². The largest absolute Gasteiger partial charge is 0.379 e. The van der Waals surface area contributed by atoms with E-state index in [1.807, 2.05) is 18.2 Å². The molecule has 2 heteroatoms. The molecule has 1 aliphatic heterocycles. The Balaban J connectivity index is 2.37. The Bertz CT molecular complexity index is 445. The normalized spacial score (nSPS) is 31.2. The molecule has 0 aliphatic carbocycles. The van der Waals surface area contributed by atoms with E-state index in [9.17, 15) is 5.11 Å². The van der Waals surface area contributed by atoms with E-state index in [0.29, 0.717) is 5.92 Å². The standard InChI is InChI=1S/C19H31NO/c1-17(2,3)16-12-19(21,15-10-8-7-9-11-15)14-20(13-16)18(4,5)6/h7-11,16,21H,12-14H2,1-6H3/p+1/t16-,19-/m0/s1. The van der Waals surface area contributed by atoms with Gasteiger partial charge in [-0.05, 0) is 38.2 Å². The minimum atomic E-state index is -0.708. The maximum absolute atomic E-state index is 11.4. The summed E-state index contributed by atoms with van der Waals surface area (Å²) in [7, 11) is 0. The van der Waals surface area contributed by atoms with Crippen LogP contribution in [0.5, 0.6) is 0 Å². The minimum absolute atomic E-state index is 0.159. The first-order valence-electron chi connectivity index (χ1n) is 8.15. The van der Waals surface area contributed by atoms with Crippen molar-refractivity contribution in [2.45, 2.75) is 59.1 Å². The smallest absolute Gasteiger partial charge is 0.139 e. The van der Waals surface area contributed by atoms with Gasteiger partial charge in [-0.25, -0.2) is 0 Å². The molecule has 118 valence electrons. The van der Waals surface area contributed by atoms with Gasteiger partial charge in [-0.15, -0.1) is 0 Å². The second-order valence-corrected chi connectivity index (χ2v) is 8.90. The summed E-state index contributed by atoms with van der Waals surface area (Å²) in [5, 5.41) is 11.4. The monoisotopic (exact) mass is 290 g/mol. The van der Waals surface area contributed by atoms with Gasteiger partial charge in [-0.3, -0.25) is 0 Å². The molecule has 2 N–H and O–H groups in total. The number of likely N-dealkylation sites (tertiary alicyclic amines) is 1. The molecule has 1 unspecified atom stereocenters. The summed E-state index contributed by atoms with van der Waals surface area (Å²) in [6.45, 7) is 15.7. The van der Waals surface area contributed by atoms with Crippen LogP contribution in [0.15, 0.2) is 30.3 Å². The van der Waals surface area contributed by atoms with E-state index in [-0.39, 0.29) is 11.0 Å². The zero-order chi connectivity index (χ0) is 15.9. The van der Waals surface area contributed by atoms with E-state index in [2.05, 4.69) is 53.7 Å². The number of hydrogen-bond acceptors (Lipinski definition) is 1. The van der Waals surface area contributed by atoms with Crippen LogP contribution in [-0.4, -0.2) is 23.7 Å². The van der Waals surface area contributed by atoms with Crippen LogP contribution >= 0.6 is 0 Å². The molecule has 1 aliphatic rings. The van der Waals surface area contributed by atoms with Crippen LogP contribution in [0.25, 0.3) is 0 Å². The summed E-state index contributed by atoms with van der Waals surface area (Å²) in [5.74, 6) is 0.519. The summed E-state index contributed by atoms with van der Waals surface area (Å²) in [5.41, 5.74) is 0.743. The fraction of sp³-hybridized carbons (Fsp3) is 0.684. The molecule has 2 nitrogen and oxygen atoms in total. The lowest BCUT2D eigenvalue weighted by Gasteiger charge is -2.49. The van der Waals surface area contributed by atoms with Gasteiger partial charge >= 0.3 is 0 Å². The lowest BCUT2D eigenvalue weighted by Crippen LogP contribution is -3.22. The summed E-state index contributed by atoms with van der Waals surface area (Å²) in [6.07, 6.45) is 0.861. The van der Waals surface area contributed by atoms with Crippen molar-refractivity contribution in [3.8, 4) is 0 Å². The third-order valence-electron chi connectivity index (χ3n) is 5.18. The van der Waals surface area contributed by atoms with Crippen molar-refractivity contribution in [2.75, 3.05) is 13.1 Å². The second-order valence-electron chi connectivity index (χ2n) is 8.90. The van der Waals surface area contributed by atoms with Crippen molar-refractivity contribution in [2.24, 2.45) is 11.3 Å². The molecule has 2 rings (SSSR count). The molecule has 3 atom stereocenters. The molecule has 0 amide bonds. The molecule has 1 saturated heterocycles. The van der Waals surface area contributed by atoms with Gasteiger partial charge in [-0.1, -0.05) is 51.1 Å². The Morgan fingerprint density at radius 1 is 1.05 bits per heavy atom. The third-order valence-corrected chi connectivity index (χ3v) is 5.18. The van der Waals surface area contributed by atoms with Gasteiger partial charge in [0.1, 0.15) is 12.1 Å². The second kappa shape index (κ2) is 5.40. The van der Waals surface area contributed by atoms with E-state index >= 15 is 0 Å². The highest BCUT2D eigenvalue weighted by molar-refractivity contribution is 5.23. The van der Waals surface area contributed by atoms with Gasteiger partial charge < -0.3 is 10.0 Å². The summed E-state index contributed by atoms with van der Waals surface area (Å²) in [4.78, 5) is 1.50. The average molecular weight is 290 g/mol. The van der Waals surface area contributed by atoms with Crippen LogP contribution < -0.4 is 4.90 Å². The van der Waals surface area contributed by atoms with E-state index in [0.717, 1.165) is 25.1 Å². The zero-order valence-corrected chi connectivity index (χ0v) is 14.5. The highest BCUT2D eigenvalue weighted by Crippen LogP contribution is 2.38. The SMILES string of the molecule is CC(C)(C)[C@@H]1C[NH+](C(C)(C)C)C[C@](O)(c2ccccc2)C1. The van der Waals surface area contributed by atoms with E-state index in [1.54, 1.807) is 0 Å². The number of rotatable bonds is 1. The Kier molecular flexibility index (Phi) is 4.25. The Morgan fingerprint density at radius 2 is 1.62 bits per heavy atom. The number of hydrogen-bond donors (Lipinski definition) is 2. The lowest BCUT2D eigenvalue weighted by molar-refractivity contribution is -0.963. The fourth-order valence-corrected chi connectivity index (χ4v) is 3.43. The number of nitrogens with one attached hydrogen (secondary N) is 1. The maximum Gasteiger partial charge on any atom is 0.139 e. The number of aliphatic hydroxyl groups is 1. The van der Waals surface area contributed by atoms with Crippen LogP contribution in [0.1, 0.15) is 53.5 Å². The molecular formula is C19H32NO+. The lowest BCUT2D eigenvalue weighted by atomic mass is 9.69. The Morgan fingerprint density at radius 3 is 2.10 bits per heavy atom. The first kappa shape index (κ1) is 16.5. The molecule has 21 heavy (non-hydrogen) atoms. The average Bonchev–Trinajstić information content (AvgIpc) is 2.37. The zero-order valence-electron chi connectivity index (χ0n) is 14.5. The van der Waals surface area contributed by atoms with Crippen molar-refractivity contribution in [3.05, 3.63) is 35.9 Å². The highest BCUT2D eigenvalue weighted by Gasteiger charge is 2.48. The summed E-state index contributed by atoms with van der Waals surface area (Å²) in [6, 6.07) is 10.2. The third kappa shape index (κ3) is 3.67. The molecule has 0 radical (unpaired) electrons. The van der Waals surface area contributed by atoms with Crippen LogP contribution in [0.4, 0.5) is 0 Å². The van der Waals surface area contributed by atoms with Gasteiger partial charge in [0.2, 0.25) is 0 Å². The van der Waals surface area contributed by atoms with Gasteiger partial charge in [0.25, 0.3) is 0 Å². The molecule has 1 aromatic rings. The first-order chi connectivity index (χ1) is 9.52. The van der Waals surface area contributed by atoms with Crippen molar-refractivity contribution >= 4 is 0 Å². The topological polar surface area (TPSA) is 24.7 Å². The molecule has 0 bridgehead atoms. The van der Waals surface area contributed by atoms with E-state index in [4.69, 9.17) is 0 Å². The van der Waals surface area contributed by atoms with Crippen molar-refractivity contribution in [1.29, 1.82) is 0 Å². The molecule has 1 heterocycles. The summed E-state index contributed by atoms with van der Waals surface area (Å²) >= 11 is 0. The maximum atomic E-state index is 11.4. The van der Waals surface area contributed by atoms with Crippen molar-refractivity contribution in [1.82, 2.24) is 0 Å². The van der Waals surface area contributed by atoms with Gasteiger partial charge in [-0.2, -0.15) is 0 Å². The fourth-order valence-electron chi connectivity index (χ4n) is 3.43. The number of piperidine rings is 1. The van der Waals surface area contributed by atoms with E-state index < -0.39 is 5.60 Å². The molecule has 1 fully saturated rings. The first-order valence-corrected chi connectivity index (χ1v) is 8.15. The molecule has 0 saturated carbocycles. The molecule has 0 aromatic heterocycles. The predicted octanol–water partition coefficient (Wildman–Crippen LogP) is 2.62. The van der Waals surface area contributed by atoms with Crippen molar-refractivity contribution < 1.29 is 10.0 Å².